The molecule has 37 heavy (non-hydrogen) atoms. The number of aromatic nitrogens is 4. The van der Waals surface area contributed by atoms with Crippen LogP contribution in [-0.4, -0.2) is 101 Å². The smallest absolute Gasteiger partial charge is 0.320 e. The lowest BCUT2D eigenvalue weighted by Crippen LogP contribution is -2.61. The zero-order valence-corrected chi connectivity index (χ0v) is 21.9. The SMILES string of the molecule is COc1nc(N2CCOC(CO)C2)cc(-n2ncc3cc(C)c(C4CCN(C5(C)COC5)CC4)cc32)n1. The summed E-state index contributed by atoms with van der Waals surface area (Å²) in [7, 11) is 1.57. The number of aliphatic hydroxyl groups is 1. The Balaban J connectivity index is 1.31. The first-order chi connectivity index (χ1) is 18.0. The van der Waals surface area contributed by atoms with Crippen molar-refractivity contribution in [2.24, 2.45) is 0 Å². The summed E-state index contributed by atoms with van der Waals surface area (Å²) in [5, 5.41) is 15.4. The molecule has 0 amide bonds. The van der Waals surface area contributed by atoms with Crippen LogP contribution in [0.4, 0.5) is 5.82 Å². The molecule has 10 nitrogen and oxygen atoms in total. The highest BCUT2D eigenvalue weighted by Gasteiger charge is 2.41. The second-order valence-corrected chi connectivity index (χ2v) is 10.8. The molecule has 3 aliphatic heterocycles. The summed E-state index contributed by atoms with van der Waals surface area (Å²) in [6, 6.07) is 6.77. The van der Waals surface area contributed by atoms with Gasteiger partial charge in [0.25, 0.3) is 0 Å². The Morgan fingerprint density at radius 1 is 1.11 bits per heavy atom. The number of hydrogen-bond donors (Lipinski definition) is 1. The molecule has 10 heteroatoms. The Hall–Kier alpha value is -2.79. The van der Waals surface area contributed by atoms with Crippen LogP contribution in [0.2, 0.25) is 0 Å². The number of morpholine rings is 1. The van der Waals surface area contributed by atoms with Crippen LogP contribution < -0.4 is 9.64 Å². The number of benzene rings is 1. The molecular weight excluding hydrogens is 472 g/mol. The highest BCUT2D eigenvalue weighted by Crippen LogP contribution is 2.37. The number of piperidine rings is 1. The van der Waals surface area contributed by atoms with Crippen LogP contribution in [0, 0.1) is 6.92 Å². The number of hydrogen-bond acceptors (Lipinski definition) is 9. The summed E-state index contributed by atoms with van der Waals surface area (Å²) >= 11 is 0. The lowest BCUT2D eigenvalue weighted by molar-refractivity contribution is -0.136. The number of nitrogens with zero attached hydrogens (tertiary/aromatic N) is 6. The molecule has 1 aromatic carbocycles. The molecule has 1 unspecified atom stereocenters. The number of rotatable bonds is 6. The van der Waals surface area contributed by atoms with Crippen LogP contribution >= 0.6 is 0 Å². The van der Waals surface area contributed by atoms with E-state index in [0.717, 1.165) is 55.9 Å². The summed E-state index contributed by atoms with van der Waals surface area (Å²) in [5.41, 5.74) is 3.95. The van der Waals surface area contributed by atoms with Crippen LogP contribution in [0.15, 0.2) is 24.4 Å². The van der Waals surface area contributed by atoms with E-state index in [1.165, 1.54) is 11.1 Å². The third-order valence-corrected chi connectivity index (χ3v) is 8.22. The Labute approximate surface area is 217 Å². The molecule has 2 aromatic heterocycles. The number of anilines is 1. The molecule has 0 aliphatic carbocycles. The summed E-state index contributed by atoms with van der Waals surface area (Å²) in [4.78, 5) is 13.9. The largest absolute Gasteiger partial charge is 0.467 e. The van der Waals surface area contributed by atoms with Crippen molar-refractivity contribution in [3.63, 3.8) is 0 Å². The van der Waals surface area contributed by atoms with Gasteiger partial charge in [0.1, 0.15) is 5.82 Å². The van der Waals surface area contributed by atoms with Gasteiger partial charge in [0.05, 0.1) is 56.9 Å². The van der Waals surface area contributed by atoms with Gasteiger partial charge in [-0.1, -0.05) is 0 Å². The topological polar surface area (TPSA) is 98.0 Å². The van der Waals surface area contributed by atoms with Gasteiger partial charge in [-0.2, -0.15) is 15.1 Å². The lowest BCUT2D eigenvalue weighted by Gasteiger charge is -2.50. The molecule has 1 atom stereocenters. The van der Waals surface area contributed by atoms with E-state index in [1.54, 1.807) is 7.11 Å². The molecule has 3 aliphatic rings. The normalized spacial score (nSPS) is 22.8. The van der Waals surface area contributed by atoms with Crippen LogP contribution in [-0.2, 0) is 9.47 Å². The van der Waals surface area contributed by atoms with E-state index in [0.29, 0.717) is 31.4 Å². The zero-order valence-electron chi connectivity index (χ0n) is 21.9. The number of methoxy groups -OCH3 is 1. The predicted octanol–water partition coefficient (Wildman–Crippen LogP) is 2.30. The van der Waals surface area contributed by atoms with Crippen molar-refractivity contribution in [2.45, 2.75) is 44.2 Å². The average molecular weight is 509 g/mol. The molecule has 0 saturated carbocycles. The van der Waals surface area contributed by atoms with Gasteiger partial charge in [-0.3, -0.25) is 4.90 Å². The first-order valence-electron chi connectivity index (χ1n) is 13.2. The molecule has 6 rings (SSSR count). The summed E-state index contributed by atoms with van der Waals surface area (Å²) in [5.74, 6) is 1.92. The van der Waals surface area contributed by atoms with Crippen molar-refractivity contribution in [2.75, 3.05) is 64.6 Å². The highest BCUT2D eigenvalue weighted by atomic mass is 16.5. The van der Waals surface area contributed by atoms with Gasteiger partial charge in [-0.25, -0.2) is 4.68 Å². The van der Waals surface area contributed by atoms with Crippen molar-refractivity contribution in [3.05, 3.63) is 35.5 Å². The van der Waals surface area contributed by atoms with Crippen molar-refractivity contribution < 1.29 is 19.3 Å². The van der Waals surface area contributed by atoms with E-state index in [4.69, 9.17) is 19.3 Å². The quantitative estimate of drug-likeness (QED) is 0.538. The predicted molar refractivity (Wildman–Crippen MR) is 140 cm³/mol. The first-order valence-corrected chi connectivity index (χ1v) is 13.2. The van der Waals surface area contributed by atoms with E-state index in [9.17, 15) is 5.11 Å². The van der Waals surface area contributed by atoms with Crippen LogP contribution in [0.5, 0.6) is 6.01 Å². The third kappa shape index (κ3) is 4.56. The monoisotopic (exact) mass is 508 g/mol. The van der Waals surface area contributed by atoms with Crippen molar-refractivity contribution in [1.82, 2.24) is 24.6 Å². The average Bonchev–Trinajstić information content (AvgIpc) is 3.33. The zero-order chi connectivity index (χ0) is 25.6. The Bertz CT molecular complexity index is 1270. The molecule has 3 fully saturated rings. The minimum absolute atomic E-state index is 0.0244. The van der Waals surface area contributed by atoms with Gasteiger partial charge in [0, 0.05) is 24.5 Å². The van der Waals surface area contributed by atoms with Gasteiger partial charge >= 0.3 is 6.01 Å². The number of ether oxygens (including phenoxy) is 3. The first kappa shape index (κ1) is 24.5. The van der Waals surface area contributed by atoms with Crippen LogP contribution in [0.25, 0.3) is 16.7 Å². The summed E-state index contributed by atoms with van der Waals surface area (Å²) in [6.45, 7) is 10.2. The molecule has 0 radical (unpaired) electrons. The fourth-order valence-corrected chi connectivity index (χ4v) is 5.94. The number of aliphatic hydroxyl groups excluding tert-OH is 1. The van der Waals surface area contributed by atoms with Crippen LogP contribution in [0.1, 0.15) is 36.8 Å². The Kier molecular flexibility index (Phi) is 6.52. The standard InChI is InChI=1S/C27H36N6O4/c1-18-10-20-13-28-33(23(20)11-22(18)19-4-6-32(7-5-19)27(2)16-36-17-27)25-12-24(29-26(30-25)35-3)31-8-9-37-21(14-31)15-34/h10-13,19,21,34H,4-9,14-17H2,1-3H3. The van der Waals surface area contributed by atoms with Gasteiger partial charge in [0.15, 0.2) is 5.82 Å². The van der Waals surface area contributed by atoms with Gasteiger partial charge < -0.3 is 24.2 Å². The lowest BCUT2D eigenvalue weighted by atomic mass is 9.84. The van der Waals surface area contributed by atoms with E-state index in [-0.39, 0.29) is 24.3 Å². The molecule has 5 heterocycles. The van der Waals surface area contributed by atoms with Gasteiger partial charge in [-0.05, 0) is 69.0 Å². The molecule has 1 N–H and O–H groups in total. The molecule has 0 bridgehead atoms. The summed E-state index contributed by atoms with van der Waals surface area (Å²) in [6.07, 6.45) is 3.95. The molecule has 198 valence electrons. The maximum Gasteiger partial charge on any atom is 0.320 e. The maximum absolute atomic E-state index is 9.57. The molecule has 3 aromatic rings. The van der Waals surface area contributed by atoms with E-state index < -0.39 is 0 Å². The summed E-state index contributed by atoms with van der Waals surface area (Å²) < 4.78 is 18.5. The third-order valence-electron chi connectivity index (χ3n) is 8.22. The number of likely N-dealkylation sites (tertiary alicyclic amines) is 1. The number of fused-ring (bicyclic) bond motifs is 1. The van der Waals surface area contributed by atoms with Crippen molar-refractivity contribution in [3.8, 4) is 11.8 Å². The van der Waals surface area contributed by atoms with E-state index in [1.807, 2.05) is 16.9 Å². The highest BCUT2D eigenvalue weighted by molar-refractivity contribution is 5.82. The minimum Gasteiger partial charge on any atom is -0.467 e. The second kappa shape index (κ2) is 9.83. The van der Waals surface area contributed by atoms with Gasteiger partial charge in [-0.15, -0.1) is 0 Å². The van der Waals surface area contributed by atoms with E-state index in [2.05, 4.69) is 45.7 Å². The maximum atomic E-state index is 9.57. The fourth-order valence-electron chi connectivity index (χ4n) is 5.94. The second-order valence-electron chi connectivity index (χ2n) is 10.8. The molecule has 3 saturated heterocycles. The van der Waals surface area contributed by atoms with Gasteiger partial charge in [0.2, 0.25) is 0 Å². The van der Waals surface area contributed by atoms with E-state index >= 15 is 0 Å². The Morgan fingerprint density at radius 2 is 1.89 bits per heavy atom. The Morgan fingerprint density at radius 3 is 2.59 bits per heavy atom. The molecular formula is C27H36N6O4. The minimum atomic E-state index is -0.236. The molecule has 0 spiro atoms. The van der Waals surface area contributed by atoms with Crippen molar-refractivity contribution in [1.29, 1.82) is 0 Å². The van der Waals surface area contributed by atoms with Crippen molar-refractivity contribution >= 4 is 16.7 Å². The number of aryl methyl sites for hydroxylation is 1. The van der Waals surface area contributed by atoms with Crippen LogP contribution in [0.3, 0.4) is 0 Å². The fraction of sp³-hybridized carbons (Fsp3) is 0.593.